The molecule has 2 aromatic carbocycles. The molecule has 1 aliphatic heterocycles. The van der Waals surface area contributed by atoms with E-state index in [1.807, 2.05) is 54.6 Å². The maximum absolute atomic E-state index is 9.14. The Bertz CT molecular complexity index is 746. The van der Waals surface area contributed by atoms with Gasteiger partial charge < -0.3 is 4.74 Å². The van der Waals surface area contributed by atoms with Crippen LogP contribution in [0.25, 0.3) is 0 Å². The monoisotopic (exact) mass is 302 g/mol. The van der Waals surface area contributed by atoms with Crippen molar-refractivity contribution in [3.63, 3.8) is 0 Å². The summed E-state index contributed by atoms with van der Waals surface area (Å²) in [6.45, 7) is 3.15. The van der Waals surface area contributed by atoms with Crippen LogP contribution in [0.1, 0.15) is 22.7 Å². The quantitative estimate of drug-likeness (QED) is 0.800. The maximum Gasteiger partial charge on any atom is 0.0991 e. The van der Waals surface area contributed by atoms with E-state index in [4.69, 9.17) is 10.00 Å². The van der Waals surface area contributed by atoms with Crippen LogP contribution in [0.15, 0.2) is 54.6 Å². The van der Waals surface area contributed by atoms with E-state index in [-0.39, 0.29) is 6.04 Å². The minimum Gasteiger partial charge on any atom is -0.379 e. The molecule has 1 unspecified atom stereocenters. The second-order valence-electron chi connectivity index (χ2n) is 5.42. The highest BCUT2D eigenvalue weighted by atomic mass is 16.5. The highest BCUT2D eigenvalue weighted by molar-refractivity contribution is 5.40. The minimum absolute atomic E-state index is 0.0209. The first-order valence-corrected chi connectivity index (χ1v) is 7.75. The van der Waals surface area contributed by atoms with Gasteiger partial charge >= 0.3 is 0 Å². The van der Waals surface area contributed by atoms with E-state index < -0.39 is 0 Å². The molecule has 1 saturated heterocycles. The number of rotatable bonds is 2. The molecule has 1 heterocycles. The lowest BCUT2D eigenvalue weighted by molar-refractivity contribution is 0.0270. The molecule has 0 N–H and O–H groups in total. The van der Waals surface area contributed by atoms with Gasteiger partial charge in [-0.1, -0.05) is 42.2 Å². The van der Waals surface area contributed by atoms with Crippen molar-refractivity contribution in [1.82, 2.24) is 4.90 Å². The Balaban J connectivity index is 1.93. The largest absolute Gasteiger partial charge is 0.379 e. The summed E-state index contributed by atoms with van der Waals surface area (Å²) in [5.41, 5.74) is 2.74. The molecule has 1 atom stereocenters. The van der Waals surface area contributed by atoms with E-state index in [0.29, 0.717) is 5.56 Å². The van der Waals surface area contributed by atoms with Crippen LogP contribution in [0.4, 0.5) is 0 Å². The molecule has 0 aromatic heterocycles. The number of nitriles is 1. The van der Waals surface area contributed by atoms with E-state index in [2.05, 4.69) is 22.8 Å². The van der Waals surface area contributed by atoms with Gasteiger partial charge in [-0.3, -0.25) is 4.90 Å². The molecule has 3 rings (SSSR count). The molecule has 0 bridgehead atoms. The fourth-order valence-corrected chi connectivity index (χ4v) is 2.67. The molecule has 114 valence electrons. The van der Waals surface area contributed by atoms with Crippen molar-refractivity contribution in [2.24, 2.45) is 0 Å². The highest BCUT2D eigenvalue weighted by Crippen LogP contribution is 2.22. The van der Waals surface area contributed by atoms with E-state index in [9.17, 15) is 0 Å². The Labute approximate surface area is 137 Å². The Morgan fingerprint density at radius 3 is 2.43 bits per heavy atom. The predicted octanol–water partition coefficient (Wildman–Crippen LogP) is 2.98. The molecule has 0 saturated carbocycles. The van der Waals surface area contributed by atoms with E-state index in [0.717, 1.165) is 37.4 Å². The van der Waals surface area contributed by atoms with Gasteiger partial charge in [0, 0.05) is 18.7 Å². The van der Waals surface area contributed by atoms with Crippen LogP contribution in [0.3, 0.4) is 0 Å². The molecule has 1 fully saturated rings. The lowest BCUT2D eigenvalue weighted by atomic mass is 10.0. The van der Waals surface area contributed by atoms with Gasteiger partial charge in [-0.15, -0.1) is 0 Å². The minimum atomic E-state index is -0.0209. The number of hydrogen-bond acceptors (Lipinski definition) is 3. The molecule has 1 aliphatic rings. The number of benzene rings is 2. The zero-order chi connectivity index (χ0) is 15.9. The fourth-order valence-electron chi connectivity index (χ4n) is 2.67. The second kappa shape index (κ2) is 7.61. The van der Waals surface area contributed by atoms with Crippen molar-refractivity contribution in [3.8, 4) is 17.9 Å². The van der Waals surface area contributed by atoms with Gasteiger partial charge in [0.2, 0.25) is 0 Å². The molecule has 3 heteroatoms. The summed E-state index contributed by atoms with van der Waals surface area (Å²) in [5.74, 6) is 6.65. The van der Waals surface area contributed by atoms with Crippen molar-refractivity contribution in [1.29, 1.82) is 5.26 Å². The number of nitrogens with zero attached hydrogens (tertiary/aromatic N) is 2. The molecule has 0 radical (unpaired) electrons. The van der Waals surface area contributed by atoms with E-state index >= 15 is 0 Å². The third-order valence-electron chi connectivity index (χ3n) is 3.87. The Morgan fingerprint density at radius 1 is 0.957 bits per heavy atom. The third-order valence-corrected chi connectivity index (χ3v) is 3.87. The Kier molecular flexibility index (Phi) is 5.06. The summed E-state index contributed by atoms with van der Waals surface area (Å²) in [7, 11) is 0. The summed E-state index contributed by atoms with van der Waals surface area (Å²) in [6, 6.07) is 19.9. The average Bonchev–Trinajstić information content (AvgIpc) is 2.64. The third kappa shape index (κ3) is 3.99. The van der Waals surface area contributed by atoms with Crippen molar-refractivity contribution < 1.29 is 4.74 Å². The van der Waals surface area contributed by atoms with Crippen molar-refractivity contribution in [2.45, 2.75) is 6.04 Å². The molecule has 2 aromatic rings. The Morgan fingerprint density at radius 2 is 1.70 bits per heavy atom. The van der Waals surface area contributed by atoms with Crippen LogP contribution >= 0.6 is 0 Å². The van der Waals surface area contributed by atoms with Gasteiger partial charge in [0.15, 0.2) is 0 Å². The summed E-state index contributed by atoms with van der Waals surface area (Å²) in [5, 5.41) is 9.14. The first kappa shape index (κ1) is 15.3. The van der Waals surface area contributed by atoms with Gasteiger partial charge in [-0.2, -0.15) is 5.26 Å². The van der Waals surface area contributed by atoms with Crippen molar-refractivity contribution >= 4 is 0 Å². The standard InChI is InChI=1S/C20H18N2O/c21-16-18-7-4-8-19(15-18)20(22-11-13-23-14-12-22)10-9-17-5-2-1-3-6-17/h1-8,15,20H,11-14H2. The SMILES string of the molecule is N#Cc1cccc(C(C#Cc2ccccc2)N2CCOCC2)c1. The van der Waals surface area contributed by atoms with Crippen molar-refractivity contribution in [3.05, 3.63) is 71.3 Å². The zero-order valence-electron chi connectivity index (χ0n) is 12.9. The Hall–Kier alpha value is -2.59. The normalized spacial score (nSPS) is 16.0. The van der Waals surface area contributed by atoms with Crippen LogP contribution < -0.4 is 0 Å². The second-order valence-corrected chi connectivity index (χ2v) is 5.42. The van der Waals surface area contributed by atoms with Crippen LogP contribution in [0, 0.1) is 23.2 Å². The van der Waals surface area contributed by atoms with E-state index in [1.165, 1.54) is 0 Å². The number of ether oxygens (including phenoxy) is 1. The van der Waals surface area contributed by atoms with Crippen LogP contribution in [0.2, 0.25) is 0 Å². The summed E-state index contributed by atoms with van der Waals surface area (Å²) >= 11 is 0. The average molecular weight is 302 g/mol. The molecule has 0 amide bonds. The number of morpholine rings is 1. The van der Waals surface area contributed by atoms with E-state index in [1.54, 1.807) is 0 Å². The molecule has 0 spiro atoms. The van der Waals surface area contributed by atoms with Crippen LogP contribution in [-0.4, -0.2) is 31.2 Å². The van der Waals surface area contributed by atoms with Crippen LogP contribution in [-0.2, 0) is 4.74 Å². The molecular weight excluding hydrogens is 284 g/mol. The first-order valence-electron chi connectivity index (χ1n) is 7.75. The first-order chi connectivity index (χ1) is 11.4. The van der Waals surface area contributed by atoms with Gasteiger partial charge in [0.25, 0.3) is 0 Å². The number of hydrogen-bond donors (Lipinski definition) is 0. The lowest BCUT2D eigenvalue weighted by Gasteiger charge is -2.31. The molecule has 3 nitrogen and oxygen atoms in total. The van der Waals surface area contributed by atoms with Gasteiger partial charge in [-0.05, 0) is 29.8 Å². The highest BCUT2D eigenvalue weighted by Gasteiger charge is 2.21. The lowest BCUT2D eigenvalue weighted by Crippen LogP contribution is -2.38. The summed E-state index contributed by atoms with van der Waals surface area (Å²) < 4.78 is 5.45. The molecule has 23 heavy (non-hydrogen) atoms. The fraction of sp³-hybridized carbons (Fsp3) is 0.250. The maximum atomic E-state index is 9.14. The zero-order valence-corrected chi connectivity index (χ0v) is 12.9. The predicted molar refractivity (Wildman–Crippen MR) is 89.6 cm³/mol. The molecular formula is C20H18N2O. The summed E-state index contributed by atoms with van der Waals surface area (Å²) in [4.78, 5) is 2.32. The van der Waals surface area contributed by atoms with Gasteiger partial charge in [-0.25, -0.2) is 0 Å². The van der Waals surface area contributed by atoms with Gasteiger partial charge in [0.05, 0.1) is 30.9 Å². The van der Waals surface area contributed by atoms with Crippen LogP contribution in [0.5, 0.6) is 0 Å². The van der Waals surface area contributed by atoms with Crippen molar-refractivity contribution in [2.75, 3.05) is 26.3 Å². The summed E-state index contributed by atoms with van der Waals surface area (Å²) in [6.07, 6.45) is 0. The topological polar surface area (TPSA) is 36.3 Å². The smallest absolute Gasteiger partial charge is 0.0991 e. The van der Waals surface area contributed by atoms with Gasteiger partial charge in [0.1, 0.15) is 0 Å². The molecule has 0 aliphatic carbocycles.